The van der Waals surface area contributed by atoms with Crippen LogP contribution in [-0.2, 0) is 6.54 Å². The molecule has 1 saturated carbocycles. The van der Waals surface area contributed by atoms with Gasteiger partial charge < -0.3 is 15.4 Å². The van der Waals surface area contributed by atoms with Crippen molar-refractivity contribution in [3.8, 4) is 5.75 Å². The van der Waals surface area contributed by atoms with E-state index in [2.05, 4.69) is 4.98 Å². The fourth-order valence-corrected chi connectivity index (χ4v) is 1.43. The molecule has 0 aromatic carbocycles. The maximum absolute atomic E-state index is 5.88. The normalized spacial score (nSPS) is 15.1. The number of rotatable bonds is 4. The van der Waals surface area contributed by atoms with E-state index in [1.165, 1.54) is 0 Å². The Balaban J connectivity index is 2.34. The number of anilines is 1. The highest BCUT2D eigenvalue weighted by atomic mass is 16.5. The molecule has 0 spiro atoms. The molecule has 4 nitrogen and oxygen atoms in total. The van der Waals surface area contributed by atoms with E-state index in [1.807, 2.05) is 25.2 Å². The van der Waals surface area contributed by atoms with Crippen LogP contribution in [0.2, 0.25) is 0 Å². The molecular weight excluding hydrogens is 190 g/mol. The number of hydrogen-bond donors (Lipinski definition) is 1. The van der Waals surface area contributed by atoms with Gasteiger partial charge in [-0.2, -0.15) is 0 Å². The summed E-state index contributed by atoms with van der Waals surface area (Å²) in [6.45, 7) is 0.469. The SMILES string of the molecule is CN(C)c1cncc(CN)c1OC1CC1. The van der Waals surface area contributed by atoms with Gasteiger partial charge >= 0.3 is 0 Å². The van der Waals surface area contributed by atoms with Gasteiger partial charge in [0.2, 0.25) is 0 Å². The second-order valence-corrected chi connectivity index (χ2v) is 4.06. The van der Waals surface area contributed by atoms with Crippen LogP contribution in [0.15, 0.2) is 12.4 Å². The van der Waals surface area contributed by atoms with Crippen LogP contribution in [0, 0.1) is 0 Å². The van der Waals surface area contributed by atoms with Crippen LogP contribution < -0.4 is 15.4 Å². The monoisotopic (exact) mass is 207 g/mol. The quantitative estimate of drug-likeness (QED) is 0.804. The Kier molecular flexibility index (Phi) is 2.77. The maximum atomic E-state index is 5.88. The van der Waals surface area contributed by atoms with Crippen molar-refractivity contribution in [2.24, 2.45) is 5.73 Å². The molecule has 4 heteroatoms. The first kappa shape index (κ1) is 10.2. The molecule has 0 atom stereocenters. The minimum Gasteiger partial charge on any atom is -0.488 e. The van der Waals surface area contributed by atoms with Crippen molar-refractivity contribution in [2.45, 2.75) is 25.5 Å². The molecule has 2 rings (SSSR count). The Labute approximate surface area is 90.0 Å². The summed E-state index contributed by atoms with van der Waals surface area (Å²) in [5, 5.41) is 0. The molecule has 0 unspecified atom stereocenters. The van der Waals surface area contributed by atoms with Crippen molar-refractivity contribution in [2.75, 3.05) is 19.0 Å². The molecule has 1 aromatic heterocycles. The molecule has 0 amide bonds. The van der Waals surface area contributed by atoms with Gasteiger partial charge in [-0.3, -0.25) is 4.98 Å². The van der Waals surface area contributed by atoms with E-state index < -0.39 is 0 Å². The van der Waals surface area contributed by atoms with Crippen molar-refractivity contribution in [1.82, 2.24) is 4.98 Å². The maximum Gasteiger partial charge on any atom is 0.150 e. The van der Waals surface area contributed by atoms with Gasteiger partial charge in [0.05, 0.1) is 18.0 Å². The van der Waals surface area contributed by atoms with E-state index in [4.69, 9.17) is 10.5 Å². The molecule has 0 aliphatic heterocycles. The van der Waals surface area contributed by atoms with Crippen molar-refractivity contribution in [3.05, 3.63) is 18.0 Å². The Bertz CT molecular complexity index is 348. The van der Waals surface area contributed by atoms with E-state index >= 15 is 0 Å². The summed E-state index contributed by atoms with van der Waals surface area (Å²) in [7, 11) is 3.97. The first-order valence-corrected chi connectivity index (χ1v) is 5.23. The summed E-state index contributed by atoms with van der Waals surface area (Å²) in [6.07, 6.45) is 6.29. The molecule has 1 fully saturated rings. The standard InChI is InChI=1S/C11H17N3O/c1-14(2)10-7-13-6-8(5-12)11(10)15-9-3-4-9/h6-7,9H,3-5,12H2,1-2H3. The second kappa shape index (κ2) is 4.06. The summed E-state index contributed by atoms with van der Waals surface area (Å²) >= 11 is 0. The predicted octanol–water partition coefficient (Wildman–Crippen LogP) is 1.15. The Morgan fingerprint density at radius 1 is 1.47 bits per heavy atom. The van der Waals surface area contributed by atoms with E-state index in [-0.39, 0.29) is 0 Å². The molecule has 1 aromatic rings. The smallest absolute Gasteiger partial charge is 0.150 e. The first-order valence-electron chi connectivity index (χ1n) is 5.23. The lowest BCUT2D eigenvalue weighted by molar-refractivity contribution is 0.300. The molecule has 0 radical (unpaired) electrons. The Morgan fingerprint density at radius 3 is 2.73 bits per heavy atom. The predicted molar refractivity (Wildman–Crippen MR) is 60.1 cm³/mol. The van der Waals surface area contributed by atoms with Gasteiger partial charge in [-0.15, -0.1) is 0 Å². The fourth-order valence-electron chi connectivity index (χ4n) is 1.43. The zero-order valence-electron chi connectivity index (χ0n) is 9.23. The molecule has 1 aliphatic carbocycles. The van der Waals surface area contributed by atoms with Gasteiger partial charge in [-0.25, -0.2) is 0 Å². The third-order valence-electron chi connectivity index (χ3n) is 2.46. The molecule has 0 saturated heterocycles. The minimum atomic E-state index is 0.386. The van der Waals surface area contributed by atoms with Crippen LogP contribution >= 0.6 is 0 Å². The van der Waals surface area contributed by atoms with Crippen molar-refractivity contribution in [3.63, 3.8) is 0 Å². The number of nitrogens with zero attached hydrogens (tertiary/aromatic N) is 2. The lowest BCUT2D eigenvalue weighted by Crippen LogP contribution is -2.14. The number of pyridine rings is 1. The summed E-state index contributed by atoms with van der Waals surface area (Å²) in [5.41, 5.74) is 7.66. The van der Waals surface area contributed by atoms with Crippen LogP contribution in [0.5, 0.6) is 5.75 Å². The second-order valence-electron chi connectivity index (χ2n) is 4.06. The average molecular weight is 207 g/mol. The summed E-state index contributed by atoms with van der Waals surface area (Å²) in [5.74, 6) is 0.903. The third-order valence-corrected chi connectivity index (χ3v) is 2.46. The van der Waals surface area contributed by atoms with Crippen LogP contribution in [0.3, 0.4) is 0 Å². The molecule has 1 heterocycles. The van der Waals surface area contributed by atoms with Gasteiger partial charge in [-0.05, 0) is 12.8 Å². The minimum absolute atomic E-state index is 0.386. The van der Waals surface area contributed by atoms with Gasteiger partial charge in [-0.1, -0.05) is 0 Å². The molecule has 15 heavy (non-hydrogen) atoms. The van der Waals surface area contributed by atoms with E-state index in [0.717, 1.165) is 29.8 Å². The Hall–Kier alpha value is -1.29. The van der Waals surface area contributed by atoms with E-state index in [1.54, 1.807) is 6.20 Å². The highest BCUT2D eigenvalue weighted by Crippen LogP contribution is 2.35. The lowest BCUT2D eigenvalue weighted by Gasteiger charge is -2.19. The average Bonchev–Trinajstić information content (AvgIpc) is 3.01. The zero-order chi connectivity index (χ0) is 10.8. The van der Waals surface area contributed by atoms with Crippen molar-refractivity contribution in [1.29, 1.82) is 0 Å². The van der Waals surface area contributed by atoms with Crippen molar-refractivity contribution >= 4 is 5.69 Å². The molecular formula is C11H17N3O. The van der Waals surface area contributed by atoms with Crippen LogP contribution in [0.25, 0.3) is 0 Å². The first-order chi connectivity index (χ1) is 7.22. The van der Waals surface area contributed by atoms with Gasteiger partial charge in [0.15, 0.2) is 5.75 Å². The third kappa shape index (κ3) is 2.21. The fraction of sp³-hybridized carbons (Fsp3) is 0.545. The van der Waals surface area contributed by atoms with Crippen LogP contribution in [0.4, 0.5) is 5.69 Å². The highest BCUT2D eigenvalue weighted by Gasteiger charge is 2.26. The topological polar surface area (TPSA) is 51.4 Å². The zero-order valence-corrected chi connectivity index (χ0v) is 9.23. The molecule has 82 valence electrons. The van der Waals surface area contributed by atoms with E-state index in [0.29, 0.717) is 12.6 Å². The van der Waals surface area contributed by atoms with Crippen LogP contribution in [0.1, 0.15) is 18.4 Å². The lowest BCUT2D eigenvalue weighted by atomic mass is 10.2. The molecule has 0 bridgehead atoms. The summed E-state index contributed by atoms with van der Waals surface area (Å²) in [4.78, 5) is 6.17. The summed E-state index contributed by atoms with van der Waals surface area (Å²) < 4.78 is 5.88. The number of aromatic nitrogens is 1. The number of nitrogens with two attached hydrogens (primary N) is 1. The van der Waals surface area contributed by atoms with Crippen molar-refractivity contribution < 1.29 is 4.74 Å². The Morgan fingerprint density at radius 2 is 2.20 bits per heavy atom. The highest BCUT2D eigenvalue weighted by molar-refractivity contribution is 5.59. The number of ether oxygens (including phenoxy) is 1. The van der Waals surface area contributed by atoms with Gasteiger partial charge in [0, 0.05) is 32.4 Å². The van der Waals surface area contributed by atoms with Crippen LogP contribution in [-0.4, -0.2) is 25.2 Å². The number of hydrogen-bond acceptors (Lipinski definition) is 4. The van der Waals surface area contributed by atoms with Gasteiger partial charge in [0.1, 0.15) is 0 Å². The molecule has 1 aliphatic rings. The van der Waals surface area contributed by atoms with Gasteiger partial charge in [0.25, 0.3) is 0 Å². The largest absolute Gasteiger partial charge is 0.488 e. The summed E-state index contributed by atoms with van der Waals surface area (Å²) in [6, 6.07) is 0. The molecule has 2 N–H and O–H groups in total. The van der Waals surface area contributed by atoms with E-state index in [9.17, 15) is 0 Å².